The largest absolute Gasteiger partial charge is 0.490 e. The number of likely N-dealkylation sites (tertiary alicyclic amines) is 1. The molecule has 7 unspecified atom stereocenters. The number of fused-ring (bicyclic) bond motifs is 1. The van der Waals surface area contributed by atoms with E-state index in [1.165, 1.54) is 25.7 Å². The number of amides is 6. The Morgan fingerprint density at radius 1 is 1.00 bits per heavy atom. The number of halogens is 1. The van der Waals surface area contributed by atoms with Crippen molar-refractivity contribution in [1.82, 2.24) is 36.0 Å². The van der Waals surface area contributed by atoms with E-state index in [1.807, 2.05) is 63.2 Å². The zero-order valence-corrected chi connectivity index (χ0v) is 50.8. The SMILES string of the molecule is C/C=C(/SC=NC)c1ccc(C(CC(=O)NCCCCCc2cccc(OCC(CCC=O)NC(=O)C3CCC4CCN(C(C)=O)CC(N)C(=O)N43)c2Cl)NC=O)cc1.CC1(C)COC/C(=C(/N)C2CC2)NC1C(=O)N1CCC(O)C1.CN. The molecule has 0 aromatic heterocycles. The maximum Gasteiger partial charge on any atom is 0.245 e. The number of nitrogens with two attached hydrogens (primary N) is 3. The third kappa shape index (κ3) is 20.0. The number of hydrogen-bond acceptors (Lipinski definition) is 16. The summed E-state index contributed by atoms with van der Waals surface area (Å²) in [6.45, 7) is 10.6. The number of hydrogen-bond donors (Lipinski definition) is 8. The normalized spacial score (nSPS) is 22.8. The molecule has 2 aromatic carbocycles. The fourth-order valence-corrected chi connectivity index (χ4v) is 11.7. The van der Waals surface area contributed by atoms with Crippen LogP contribution in [-0.2, 0) is 44.7 Å². The van der Waals surface area contributed by atoms with Gasteiger partial charge in [0, 0.05) is 81.1 Å². The number of aldehydes is 1. The van der Waals surface area contributed by atoms with Gasteiger partial charge in [-0.2, -0.15) is 0 Å². The van der Waals surface area contributed by atoms with Crippen molar-refractivity contribution in [3.05, 3.63) is 81.6 Å². The van der Waals surface area contributed by atoms with Gasteiger partial charge in [-0.05, 0) is 101 Å². The quantitative estimate of drug-likeness (QED) is 0.0314. The molecule has 5 fully saturated rings. The first-order valence-electron chi connectivity index (χ1n) is 29.0. The Labute approximate surface area is 499 Å². The van der Waals surface area contributed by atoms with E-state index < -0.39 is 30.3 Å². The molecule has 11 N–H and O–H groups in total. The molecule has 83 heavy (non-hydrogen) atoms. The fourth-order valence-electron chi connectivity index (χ4n) is 10.7. The van der Waals surface area contributed by atoms with Crippen LogP contribution in [0.5, 0.6) is 5.75 Å². The summed E-state index contributed by atoms with van der Waals surface area (Å²) in [7, 11) is 3.22. The molecule has 21 nitrogen and oxygen atoms in total. The Bertz CT molecular complexity index is 2580. The maximum atomic E-state index is 13.6. The van der Waals surface area contributed by atoms with E-state index in [-0.39, 0.29) is 73.0 Å². The van der Waals surface area contributed by atoms with Crippen molar-refractivity contribution in [3.8, 4) is 5.75 Å². The van der Waals surface area contributed by atoms with Crippen molar-refractivity contribution in [3.63, 3.8) is 0 Å². The Kier molecular flexibility index (Phi) is 27.8. The van der Waals surface area contributed by atoms with E-state index in [1.54, 1.807) is 33.4 Å². The molecule has 4 aliphatic heterocycles. The van der Waals surface area contributed by atoms with Crippen LogP contribution in [-0.4, -0.2) is 171 Å². The molecule has 7 atom stereocenters. The van der Waals surface area contributed by atoms with Gasteiger partial charge >= 0.3 is 0 Å². The number of thioether (sulfide) groups is 1. The van der Waals surface area contributed by atoms with Gasteiger partial charge in [0.2, 0.25) is 35.9 Å². The molecule has 0 spiro atoms. The Morgan fingerprint density at radius 3 is 2.39 bits per heavy atom. The molecule has 6 amide bonds. The number of ether oxygens (including phenoxy) is 2. The second-order valence-electron chi connectivity index (χ2n) is 22.3. The maximum absolute atomic E-state index is 13.6. The highest BCUT2D eigenvalue weighted by Gasteiger charge is 2.45. The van der Waals surface area contributed by atoms with Crippen LogP contribution in [0.1, 0.15) is 127 Å². The van der Waals surface area contributed by atoms with Gasteiger partial charge in [-0.25, -0.2) is 0 Å². The van der Waals surface area contributed by atoms with E-state index in [4.69, 9.17) is 32.5 Å². The Hall–Kier alpha value is -6.04. The summed E-state index contributed by atoms with van der Waals surface area (Å²) in [6, 6.07) is 10.2. The molecule has 5 aliphatic rings. The highest BCUT2D eigenvalue weighted by molar-refractivity contribution is 8.20. The van der Waals surface area contributed by atoms with E-state index in [0.29, 0.717) is 101 Å². The van der Waals surface area contributed by atoms with Crippen LogP contribution in [0.2, 0.25) is 5.02 Å². The minimum absolute atomic E-state index is 0.0353. The molecular formula is C60H90ClN11O10S. The van der Waals surface area contributed by atoms with Gasteiger partial charge in [-0.15, -0.1) is 0 Å². The number of allylic oxidation sites excluding steroid dienone is 2. The molecule has 458 valence electrons. The Morgan fingerprint density at radius 2 is 1.73 bits per heavy atom. The summed E-state index contributed by atoms with van der Waals surface area (Å²) in [5.74, 6) is -0.0278. The lowest BCUT2D eigenvalue weighted by Gasteiger charge is -2.37. The highest BCUT2D eigenvalue weighted by atomic mass is 35.5. The summed E-state index contributed by atoms with van der Waals surface area (Å²) in [5, 5.41) is 22.3. The summed E-state index contributed by atoms with van der Waals surface area (Å²) < 4.78 is 11.9. The second kappa shape index (κ2) is 34.1. The number of β-amino-alcohol motifs (C(OH)–C–C–N with tert-alkyl or cyclic N) is 1. The predicted octanol–water partition coefficient (Wildman–Crippen LogP) is 4.33. The molecule has 23 heteroatoms. The van der Waals surface area contributed by atoms with Gasteiger partial charge in [0.25, 0.3) is 0 Å². The van der Waals surface area contributed by atoms with E-state index >= 15 is 0 Å². The van der Waals surface area contributed by atoms with Crippen molar-refractivity contribution < 1.29 is 48.1 Å². The minimum Gasteiger partial charge on any atom is -0.490 e. The van der Waals surface area contributed by atoms with Crippen molar-refractivity contribution in [2.75, 3.05) is 66.6 Å². The summed E-state index contributed by atoms with van der Waals surface area (Å²) in [5.41, 5.74) is 22.9. The number of aryl methyl sites for hydroxylation is 1. The standard InChI is InChI=1S/C43H58ClN7O7S.C16H27N3O3.CH5N/c1-4-39(59-28-46-3)31-16-14-30(15-17-31)36(48-27-53)24-40(55)47-21-7-5-6-10-32-11-8-13-38(41(32)44)58-26-33(12-9-23-52)49-42(56)37-19-18-34-20-22-50(29(2)54)25-35(45)43(57)51(34)37;1-16(2)9-22-8-12(13(17)10-3-4-10)18-14(16)15(21)19-6-5-11(20)7-19;1-2/h4,8,11,13-17,23,27-28,33-37H,5-7,9-10,12,18-22,24-26,45H2,1-3H3,(H,47,55)(H,48,53)(H,49,56);10-11,14,18,20H,3-9,17H2,1-2H3;2H2,1H3/b39-4+,46-28?;13-12-;. The third-order valence-electron chi connectivity index (χ3n) is 15.6. The minimum atomic E-state index is -0.922. The van der Waals surface area contributed by atoms with E-state index in [9.17, 15) is 38.7 Å². The van der Waals surface area contributed by atoms with Crippen molar-refractivity contribution in [2.24, 2.45) is 33.5 Å². The molecule has 0 radical (unpaired) electrons. The number of aliphatic hydroxyl groups excluding tert-OH is 1. The average molecular weight is 1190 g/mol. The fraction of sp³-hybridized carbons (Fsp3) is 0.600. The second-order valence-corrected chi connectivity index (χ2v) is 23.6. The lowest BCUT2D eigenvalue weighted by molar-refractivity contribution is -0.144. The molecule has 2 aromatic rings. The number of aliphatic imine (C=N–C) groups is 1. The van der Waals surface area contributed by atoms with E-state index in [0.717, 1.165) is 71.4 Å². The number of aliphatic hydroxyl groups is 1. The monoisotopic (exact) mass is 1190 g/mol. The molecular weight excluding hydrogens is 1100 g/mol. The first-order valence-corrected chi connectivity index (χ1v) is 30.3. The van der Waals surface area contributed by atoms with Gasteiger partial charge in [-0.3, -0.25) is 33.8 Å². The first-order chi connectivity index (χ1) is 39.9. The summed E-state index contributed by atoms with van der Waals surface area (Å²) in [6.07, 6.45) is 11.4. The number of nitrogens with zero attached hydrogens (tertiary/aromatic N) is 4. The van der Waals surface area contributed by atoms with Gasteiger partial charge in [0.05, 0.1) is 54.1 Å². The molecule has 1 aliphatic carbocycles. The van der Waals surface area contributed by atoms with Crippen LogP contribution in [0.15, 0.2) is 64.9 Å². The first kappa shape index (κ1) is 67.7. The van der Waals surface area contributed by atoms with Crippen molar-refractivity contribution >= 4 is 76.0 Å². The Balaban J connectivity index is 0.000000433. The van der Waals surface area contributed by atoms with Gasteiger partial charge in [-0.1, -0.05) is 86.1 Å². The molecule has 0 bridgehead atoms. The highest BCUT2D eigenvalue weighted by Crippen LogP contribution is 2.37. The van der Waals surface area contributed by atoms with E-state index in [2.05, 4.69) is 32.0 Å². The van der Waals surface area contributed by atoms with Crippen molar-refractivity contribution in [1.29, 1.82) is 0 Å². The topological polar surface area (TPSA) is 306 Å². The molecule has 4 saturated heterocycles. The third-order valence-corrected chi connectivity index (χ3v) is 17.1. The number of unbranched alkanes of at least 4 members (excludes halogenated alkanes) is 2. The van der Waals surface area contributed by atoms with Crippen LogP contribution in [0, 0.1) is 11.3 Å². The lowest BCUT2D eigenvalue weighted by Crippen LogP contribution is -2.59. The van der Waals surface area contributed by atoms with Gasteiger partial charge in [0.15, 0.2) is 0 Å². The van der Waals surface area contributed by atoms with Crippen LogP contribution in [0.4, 0.5) is 0 Å². The number of benzene rings is 2. The lowest BCUT2D eigenvalue weighted by atomic mass is 9.84. The predicted molar refractivity (Wildman–Crippen MR) is 325 cm³/mol. The zero-order chi connectivity index (χ0) is 60.6. The molecule has 4 heterocycles. The number of rotatable bonds is 24. The molecule has 7 rings (SSSR count). The van der Waals surface area contributed by atoms with Crippen LogP contribution >= 0.6 is 23.4 Å². The average Bonchev–Trinajstić information content (AvgIpc) is 4.16. The van der Waals surface area contributed by atoms with Gasteiger partial charge < -0.3 is 72.5 Å². The van der Waals surface area contributed by atoms with Crippen LogP contribution in [0.25, 0.3) is 4.91 Å². The summed E-state index contributed by atoms with van der Waals surface area (Å²) in [4.78, 5) is 97.4. The van der Waals surface area contributed by atoms with Gasteiger partial charge in [0.1, 0.15) is 36.8 Å². The van der Waals surface area contributed by atoms with Crippen LogP contribution in [0.3, 0.4) is 0 Å². The number of carbonyl (C=O) groups excluding carboxylic acids is 7. The summed E-state index contributed by atoms with van der Waals surface area (Å²) >= 11 is 8.30. The zero-order valence-electron chi connectivity index (χ0n) is 49.2. The van der Waals surface area contributed by atoms with Crippen molar-refractivity contribution in [2.45, 2.75) is 154 Å². The molecule has 1 saturated carbocycles. The smallest absolute Gasteiger partial charge is 0.245 e. The number of nitrogens with one attached hydrogen (secondary N) is 4. The van der Waals surface area contributed by atoms with Crippen LogP contribution < -0.4 is 43.2 Å². The number of carbonyl (C=O) groups is 7.